The molecular formula is C34H28N8O14S4. The summed E-state index contributed by atoms with van der Waals surface area (Å²) in [6.45, 7) is 2.92. The second kappa shape index (κ2) is 16.1. The normalized spacial score (nSPS) is 18.0. The lowest BCUT2D eigenvalue weighted by molar-refractivity contribution is -0.118. The molecule has 312 valence electrons. The van der Waals surface area contributed by atoms with E-state index < -0.39 is 84.0 Å². The number of hydrazone groups is 2. The highest BCUT2D eigenvalue weighted by Crippen LogP contribution is 2.31. The molecular weight excluding hydrogens is 873 g/mol. The zero-order chi connectivity index (χ0) is 43.9. The van der Waals surface area contributed by atoms with Crippen molar-refractivity contribution in [2.75, 3.05) is 10.0 Å². The summed E-state index contributed by atoms with van der Waals surface area (Å²) in [6, 6.07) is 13.4. The molecule has 0 aromatic heterocycles. The van der Waals surface area contributed by atoms with E-state index in [4.69, 9.17) is 0 Å². The lowest BCUT2D eigenvalue weighted by Gasteiger charge is -2.12. The van der Waals surface area contributed by atoms with Gasteiger partial charge in [0, 0.05) is 0 Å². The minimum atomic E-state index is -4.96. The Morgan fingerprint density at radius 3 is 1.15 bits per heavy atom. The van der Waals surface area contributed by atoms with E-state index in [1.54, 1.807) is 0 Å². The van der Waals surface area contributed by atoms with Gasteiger partial charge in [0.2, 0.25) is 0 Å². The Hall–Kier alpha value is -6.26. The fraction of sp³-hybridized carbons (Fsp3) is 0.118. The zero-order valence-electron chi connectivity index (χ0n) is 30.5. The fourth-order valence-electron chi connectivity index (χ4n) is 5.59. The maximum Gasteiger partial charge on any atom is 0.295 e. The number of carbonyl (C=O) groups is 2. The molecule has 0 saturated heterocycles. The van der Waals surface area contributed by atoms with E-state index in [0.29, 0.717) is 0 Å². The lowest BCUT2D eigenvalue weighted by Crippen LogP contribution is -2.29. The SMILES string of the molecule is CC1=NN(c2ccc(S(=O)(=O)O)cc2)C(=O)C1N=Nc1ccc(/C=C/c2ccc(N=NC3C(=O)N(c4ccc(S(=O)(=O)O)cc4)N=C3C)cc2S(=O)(=O)O)c(S(=O)(=O)O)c1. The van der Waals surface area contributed by atoms with Gasteiger partial charge in [-0.3, -0.25) is 27.8 Å². The number of anilines is 2. The highest BCUT2D eigenvalue weighted by Gasteiger charge is 2.36. The van der Waals surface area contributed by atoms with Gasteiger partial charge in [-0.2, -0.15) is 74.3 Å². The third-order valence-corrected chi connectivity index (χ3v) is 12.1. The van der Waals surface area contributed by atoms with Crippen molar-refractivity contribution < 1.29 is 61.5 Å². The first-order chi connectivity index (χ1) is 27.9. The molecule has 0 saturated carbocycles. The first-order valence-electron chi connectivity index (χ1n) is 16.6. The van der Waals surface area contributed by atoms with Crippen molar-refractivity contribution in [1.82, 2.24) is 0 Å². The van der Waals surface area contributed by atoms with Crippen molar-refractivity contribution in [2.24, 2.45) is 30.7 Å². The van der Waals surface area contributed by atoms with Gasteiger partial charge < -0.3 is 0 Å². The Balaban J connectivity index is 1.20. The van der Waals surface area contributed by atoms with Gasteiger partial charge in [-0.05, 0) is 97.8 Å². The van der Waals surface area contributed by atoms with Gasteiger partial charge in [-0.1, -0.05) is 24.3 Å². The highest BCUT2D eigenvalue weighted by atomic mass is 32.2. The van der Waals surface area contributed by atoms with E-state index in [2.05, 4.69) is 30.7 Å². The smallest absolute Gasteiger partial charge is 0.282 e. The average Bonchev–Trinajstić information content (AvgIpc) is 3.62. The summed E-state index contributed by atoms with van der Waals surface area (Å²) in [5, 5.41) is 25.9. The summed E-state index contributed by atoms with van der Waals surface area (Å²) in [5.41, 5.74) is 0.0437. The predicted molar refractivity (Wildman–Crippen MR) is 212 cm³/mol. The topological polar surface area (TPSA) is 332 Å². The summed E-state index contributed by atoms with van der Waals surface area (Å²) in [6.07, 6.45) is 2.23. The van der Waals surface area contributed by atoms with E-state index in [0.717, 1.165) is 58.6 Å². The molecule has 4 aromatic rings. The van der Waals surface area contributed by atoms with Gasteiger partial charge in [-0.25, -0.2) is 0 Å². The van der Waals surface area contributed by atoms with Gasteiger partial charge >= 0.3 is 0 Å². The molecule has 4 aromatic carbocycles. The maximum absolute atomic E-state index is 13.1. The monoisotopic (exact) mass is 900 g/mol. The number of hydrogen-bond donors (Lipinski definition) is 4. The van der Waals surface area contributed by atoms with Crippen LogP contribution in [-0.2, 0) is 50.1 Å². The van der Waals surface area contributed by atoms with Crippen molar-refractivity contribution in [2.45, 2.75) is 45.5 Å². The predicted octanol–water partition coefficient (Wildman–Crippen LogP) is 4.59. The van der Waals surface area contributed by atoms with E-state index >= 15 is 0 Å². The van der Waals surface area contributed by atoms with E-state index in [1.807, 2.05) is 0 Å². The van der Waals surface area contributed by atoms with Gasteiger partial charge in [0.25, 0.3) is 52.3 Å². The van der Waals surface area contributed by atoms with Crippen molar-refractivity contribution in [1.29, 1.82) is 0 Å². The maximum atomic E-state index is 13.1. The Morgan fingerprint density at radius 2 is 0.850 bits per heavy atom. The summed E-state index contributed by atoms with van der Waals surface area (Å²) < 4.78 is 133. The molecule has 6 rings (SSSR count). The van der Waals surface area contributed by atoms with Crippen LogP contribution in [0.25, 0.3) is 12.2 Å². The standard InChI is InChI=1S/C34H28N8O14S4/c1-19-31(33(43)41(39-19)25-9-13-27(14-10-25)57(45,46)47)37-35-23-7-5-21(29(17-23)59(51,52)53)3-4-22-6-8-24(18-30(22)60(54,55)56)36-38-32-20(2)40-42(34(32)44)26-11-15-28(16-12-26)58(48,49)50/h3-18,31-32H,1-2H3,(H,45,46,47)(H,48,49,50)(H,51,52,53)(H,54,55,56)/b4-3+,37-35?,38-36?. The summed E-state index contributed by atoms with van der Waals surface area (Å²) in [5.74, 6) is -1.39. The molecule has 0 radical (unpaired) electrons. The Morgan fingerprint density at radius 1 is 0.517 bits per heavy atom. The molecule has 0 fully saturated rings. The van der Waals surface area contributed by atoms with Crippen LogP contribution in [0.2, 0.25) is 0 Å². The van der Waals surface area contributed by atoms with Crippen LogP contribution < -0.4 is 10.0 Å². The number of amides is 2. The van der Waals surface area contributed by atoms with E-state index in [1.165, 1.54) is 62.4 Å². The van der Waals surface area contributed by atoms with Crippen LogP contribution in [0.1, 0.15) is 25.0 Å². The molecule has 2 amide bonds. The molecule has 22 nitrogen and oxygen atoms in total. The van der Waals surface area contributed by atoms with Gasteiger partial charge in [0.15, 0.2) is 12.1 Å². The molecule has 2 heterocycles. The second-order valence-electron chi connectivity index (χ2n) is 12.7. The van der Waals surface area contributed by atoms with E-state index in [-0.39, 0.29) is 45.3 Å². The molecule has 2 aliphatic heterocycles. The summed E-state index contributed by atoms with van der Waals surface area (Å²) >= 11 is 0. The molecule has 60 heavy (non-hydrogen) atoms. The van der Waals surface area contributed by atoms with Crippen LogP contribution in [-0.4, -0.2) is 87.2 Å². The molecule has 0 bridgehead atoms. The minimum Gasteiger partial charge on any atom is -0.282 e. The van der Waals surface area contributed by atoms with Crippen molar-refractivity contribution in [3.05, 3.63) is 96.1 Å². The fourth-order valence-corrected chi connectivity index (χ4v) is 7.96. The van der Waals surface area contributed by atoms with Crippen molar-refractivity contribution in [3.63, 3.8) is 0 Å². The number of nitrogens with zero attached hydrogens (tertiary/aromatic N) is 8. The third-order valence-electron chi connectivity index (χ3n) is 8.52. The number of benzene rings is 4. The second-order valence-corrected chi connectivity index (χ2v) is 18.3. The average molecular weight is 901 g/mol. The van der Waals surface area contributed by atoms with Crippen LogP contribution in [0.3, 0.4) is 0 Å². The number of hydrogen-bond acceptors (Lipinski definition) is 16. The molecule has 4 N–H and O–H groups in total. The van der Waals surface area contributed by atoms with Crippen molar-refractivity contribution >= 4 is 98.6 Å². The molecule has 0 aliphatic carbocycles. The summed E-state index contributed by atoms with van der Waals surface area (Å²) in [7, 11) is -18.9. The van der Waals surface area contributed by atoms with Gasteiger partial charge in [0.1, 0.15) is 9.79 Å². The van der Waals surface area contributed by atoms with Crippen LogP contribution >= 0.6 is 0 Å². The molecule has 2 aliphatic rings. The lowest BCUT2D eigenvalue weighted by atomic mass is 10.1. The molecule has 26 heteroatoms. The van der Waals surface area contributed by atoms with Crippen LogP contribution in [0.4, 0.5) is 22.7 Å². The minimum absolute atomic E-state index is 0.135. The van der Waals surface area contributed by atoms with Gasteiger partial charge in [-0.15, -0.1) is 0 Å². The molecule has 2 unspecified atom stereocenters. The number of carbonyl (C=O) groups excluding carboxylic acids is 2. The Bertz CT molecular complexity index is 2850. The van der Waals surface area contributed by atoms with E-state index in [9.17, 15) is 61.5 Å². The van der Waals surface area contributed by atoms with Gasteiger partial charge in [0.05, 0.1) is 44.0 Å². The zero-order valence-corrected chi connectivity index (χ0v) is 33.7. The number of rotatable bonds is 12. The first kappa shape index (κ1) is 43.3. The number of azo groups is 2. The quantitative estimate of drug-likeness (QED) is 0.0858. The van der Waals surface area contributed by atoms with Crippen LogP contribution in [0.15, 0.2) is 135 Å². The van der Waals surface area contributed by atoms with Crippen molar-refractivity contribution in [3.8, 4) is 0 Å². The van der Waals surface area contributed by atoms with Crippen LogP contribution in [0.5, 0.6) is 0 Å². The summed E-state index contributed by atoms with van der Waals surface area (Å²) in [4.78, 5) is 24.0. The Labute approximate surface area is 341 Å². The molecule has 2 atom stereocenters. The molecule has 0 spiro atoms. The third kappa shape index (κ3) is 9.45. The largest absolute Gasteiger partial charge is 0.295 e. The Kier molecular flexibility index (Phi) is 11.6. The highest BCUT2D eigenvalue weighted by molar-refractivity contribution is 7.86. The first-order valence-corrected chi connectivity index (χ1v) is 22.3. The van der Waals surface area contributed by atoms with Crippen LogP contribution in [0, 0.1) is 0 Å².